The second-order valence-corrected chi connectivity index (χ2v) is 7.85. The topological polar surface area (TPSA) is 85.1 Å². The summed E-state index contributed by atoms with van der Waals surface area (Å²) in [5, 5.41) is 3.98. The van der Waals surface area contributed by atoms with Crippen LogP contribution in [0.4, 0.5) is 0 Å². The maximum absolute atomic E-state index is 13.2. The van der Waals surface area contributed by atoms with E-state index < -0.39 is 5.91 Å². The zero-order valence-electron chi connectivity index (χ0n) is 16.6. The second kappa shape index (κ2) is 8.03. The number of hydrogen-bond acceptors (Lipinski definition) is 3. The fraction of sp³-hybridized carbons (Fsp3) is 0.292. The van der Waals surface area contributed by atoms with Crippen molar-refractivity contribution in [2.45, 2.75) is 32.6 Å². The third-order valence-corrected chi connectivity index (χ3v) is 5.64. The van der Waals surface area contributed by atoms with Crippen LogP contribution in [-0.4, -0.2) is 23.3 Å². The lowest BCUT2D eigenvalue weighted by atomic mass is 9.84. The van der Waals surface area contributed by atoms with Crippen molar-refractivity contribution in [1.29, 1.82) is 0 Å². The van der Waals surface area contributed by atoms with Gasteiger partial charge < -0.3 is 11.1 Å². The summed E-state index contributed by atoms with van der Waals surface area (Å²) in [6, 6.07) is 15.1. The minimum absolute atomic E-state index is 0.0556. The molecule has 3 aromatic rings. The van der Waals surface area contributed by atoms with Crippen LogP contribution in [0.5, 0.6) is 0 Å². The van der Waals surface area contributed by atoms with Gasteiger partial charge in [0.15, 0.2) is 0 Å². The van der Waals surface area contributed by atoms with Gasteiger partial charge in [0, 0.05) is 23.2 Å². The lowest BCUT2D eigenvalue weighted by Gasteiger charge is -2.24. The number of rotatable bonds is 5. The Labute approximate surface area is 170 Å². The molecule has 148 valence electrons. The number of nitrogens with two attached hydrogens (primary N) is 1. The van der Waals surface area contributed by atoms with Gasteiger partial charge >= 0.3 is 0 Å². The van der Waals surface area contributed by atoms with Crippen LogP contribution in [0, 0.1) is 5.92 Å². The standard InChI is InChI=1S/C24H25N3O2/c1-15-9-10-21-19(13-15)22(18-7-2-3-8-20(18)27-21)24(29)26-12-11-16-5-4-6-17(14-16)23(25)28/h2-8,14-15H,9-13H2,1H3,(H2,25,28)(H,26,29). The third-order valence-electron chi connectivity index (χ3n) is 5.64. The smallest absolute Gasteiger partial charge is 0.252 e. The van der Waals surface area contributed by atoms with Crippen LogP contribution in [0.25, 0.3) is 10.9 Å². The predicted molar refractivity (Wildman–Crippen MR) is 114 cm³/mol. The largest absolute Gasteiger partial charge is 0.366 e. The number of aromatic nitrogens is 1. The molecule has 29 heavy (non-hydrogen) atoms. The summed E-state index contributed by atoms with van der Waals surface area (Å²) in [4.78, 5) is 29.4. The molecular formula is C24H25N3O2. The first-order valence-electron chi connectivity index (χ1n) is 10.1. The number of primary amides is 1. The monoisotopic (exact) mass is 387 g/mol. The van der Waals surface area contributed by atoms with Gasteiger partial charge in [-0.3, -0.25) is 14.6 Å². The summed E-state index contributed by atoms with van der Waals surface area (Å²) in [6.07, 6.45) is 3.54. The molecule has 3 N–H and O–H groups in total. The zero-order chi connectivity index (χ0) is 20.4. The van der Waals surface area contributed by atoms with E-state index >= 15 is 0 Å². The Balaban J connectivity index is 1.58. The lowest BCUT2D eigenvalue weighted by Crippen LogP contribution is -2.29. The molecule has 0 saturated heterocycles. The van der Waals surface area contributed by atoms with E-state index in [0.29, 0.717) is 24.4 Å². The minimum Gasteiger partial charge on any atom is -0.366 e. The van der Waals surface area contributed by atoms with E-state index in [4.69, 9.17) is 10.7 Å². The SMILES string of the molecule is CC1CCc2nc3ccccc3c(C(=O)NCCc3cccc(C(N)=O)c3)c2C1. The van der Waals surface area contributed by atoms with Gasteiger partial charge in [-0.25, -0.2) is 0 Å². The van der Waals surface area contributed by atoms with Gasteiger partial charge in [-0.15, -0.1) is 0 Å². The number of para-hydroxylation sites is 1. The van der Waals surface area contributed by atoms with E-state index in [0.717, 1.165) is 52.5 Å². The number of carbonyl (C=O) groups is 2. The van der Waals surface area contributed by atoms with Crippen LogP contribution in [0.3, 0.4) is 0 Å². The molecule has 1 unspecified atom stereocenters. The fourth-order valence-electron chi connectivity index (χ4n) is 4.11. The van der Waals surface area contributed by atoms with E-state index in [2.05, 4.69) is 12.2 Å². The zero-order valence-corrected chi connectivity index (χ0v) is 16.6. The molecule has 0 fully saturated rings. The highest BCUT2D eigenvalue weighted by molar-refractivity contribution is 6.07. The van der Waals surface area contributed by atoms with Crippen molar-refractivity contribution >= 4 is 22.7 Å². The predicted octanol–water partition coefficient (Wildman–Crippen LogP) is 3.43. The number of fused-ring (bicyclic) bond motifs is 2. The van der Waals surface area contributed by atoms with Gasteiger partial charge in [0.1, 0.15) is 0 Å². The maximum Gasteiger partial charge on any atom is 0.252 e. The lowest BCUT2D eigenvalue weighted by molar-refractivity contribution is 0.0952. The summed E-state index contributed by atoms with van der Waals surface area (Å²) < 4.78 is 0. The van der Waals surface area contributed by atoms with Crippen LogP contribution in [0.2, 0.25) is 0 Å². The number of benzene rings is 2. The first kappa shape index (κ1) is 19.1. The Morgan fingerprint density at radius 1 is 1.17 bits per heavy atom. The highest BCUT2D eigenvalue weighted by atomic mass is 16.2. The molecule has 0 spiro atoms. The van der Waals surface area contributed by atoms with E-state index in [1.807, 2.05) is 36.4 Å². The summed E-state index contributed by atoms with van der Waals surface area (Å²) >= 11 is 0. The van der Waals surface area contributed by atoms with Crippen molar-refractivity contribution in [1.82, 2.24) is 10.3 Å². The summed E-state index contributed by atoms with van der Waals surface area (Å²) in [5.74, 6) is 0.0495. The first-order chi connectivity index (χ1) is 14.0. The highest BCUT2D eigenvalue weighted by Crippen LogP contribution is 2.31. The van der Waals surface area contributed by atoms with Gasteiger partial charge in [-0.05, 0) is 60.9 Å². The average Bonchev–Trinajstić information content (AvgIpc) is 2.72. The molecule has 0 radical (unpaired) electrons. The van der Waals surface area contributed by atoms with Crippen molar-refractivity contribution in [3.8, 4) is 0 Å². The summed E-state index contributed by atoms with van der Waals surface area (Å²) in [7, 11) is 0. The van der Waals surface area contributed by atoms with Crippen molar-refractivity contribution in [2.24, 2.45) is 11.7 Å². The Morgan fingerprint density at radius 3 is 2.83 bits per heavy atom. The number of nitrogens with one attached hydrogen (secondary N) is 1. The molecule has 4 rings (SSSR count). The fourth-order valence-corrected chi connectivity index (χ4v) is 4.11. The van der Waals surface area contributed by atoms with Gasteiger partial charge in [-0.1, -0.05) is 37.3 Å². The summed E-state index contributed by atoms with van der Waals surface area (Å²) in [5.41, 5.74) is 10.6. The van der Waals surface area contributed by atoms with Gasteiger partial charge in [0.2, 0.25) is 5.91 Å². The number of carbonyl (C=O) groups excluding carboxylic acids is 2. The van der Waals surface area contributed by atoms with Crippen LogP contribution in [0.1, 0.15) is 50.9 Å². The normalized spacial score (nSPS) is 15.7. The molecule has 2 amide bonds. The van der Waals surface area contributed by atoms with E-state index in [9.17, 15) is 9.59 Å². The number of aryl methyl sites for hydroxylation is 1. The quantitative estimate of drug-likeness (QED) is 0.703. The number of amides is 2. The minimum atomic E-state index is -0.445. The second-order valence-electron chi connectivity index (χ2n) is 7.85. The number of nitrogens with zero attached hydrogens (tertiary/aromatic N) is 1. The molecule has 0 bridgehead atoms. The number of hydrogen-bond donors (Lipinski definition) is 2. The molecule has 5 nitrogen and oxygen atoms in total. The summed E-state index contributed by atoms with van der Waals surface area (Å²) in [6.45, 7) is 2.72. The van der Waals surface area contributed by atoms with E-state index in [-0.39, 0.29) is 5.91 Å². The molecule has 5 heteroatoms. The molecule has 1 atom stereocenters. The molecule has 0 aliphatic heterocycles. The Kier molecular flexibility index (Phi) is 5.30. The molecule has 1 aliphatic rings. The van der Waals surface area contributed by atoms with Crippen molar-refractivity contribution < 1.29 is 9.59 Å². The van der Waals surface area contributed by atoms with Crippen LogP contribution >= 0.6 is 0 Å². The Bertz CT molecular complexity index is 1090. The number of pyridine rings is 1. The Morgan fingerprint density at radius 2 is 2.00 bits per heavy atom. The highest BCUT2D eigenvalue weighted by Gasteiger charge is 2.25. The van der Waals surface area contributed by atoms with Crippen LogP contribution in [0.15, 0.2) is 48.5 Å². The molecule has 2 aromatic carbocycles. The van der Waals surface area contributed by atoms with Gasteiger partial charge in [0.25, 0.3) is 5.91 Å². The maximum atomic E-state index is 13.2. The van der Waals surface area contributed by atoms with Crippen LogP contribution < -0.4 is 11.1 Å². The van der Waals surface area contributed by atoms with Crippen molar-refractivity contribution in [2.75, 3.05) is 6.54 Å². The average molecular weight is 387 g/mol. The molecule has 1 heterocycles. The van der Waals surface area contributed by atoms with Gasteiger partial charge in [-0.2, -0.15) is 0 Å². The van der Waals surface area contributed by atoms with E-state index in [1.165, 1.54) is 0 Å². The molecule has 0 saturated carbocycles. The molecule has 1 aliphatic carbocycles. The Hall–Kier alpha value is -3.21. The molecule has 1 aromatic heterocycles. The van der Waals surface area contributed by atoms with Crippen molar-refractivity contribution in [3.63, 3.8) is 0 Å². The van der Waals surface area contributed by atoms with Gasteiger partial charge in [0.05, 0.1) is 11.1 Å². The van der Waals surface area contributed by atoms with E-state index in [1.54, 1.807) is 12.1 Å². The van der Waals surface area contributed by atoms with Crippen LogP contribution in [-0.2, 0) is 19.3 Å². The van der Waals surface area contributed by atoms with Crippen molar-refractivity contribution in [3.05, 3.63) is 76.5 Å². The molecular weight excluding hydrogens is 362 g/mol. The first-order valence-corrected chi connectivity index (χ1v) is 10.1. The third kappa shape index (κ3) is 3.99.